The van der Waals surface area contributed by atoms with E-state index in [1.165, 1.54) is 36.9 Å². The number of nitrogens with one attached hydrogen (secondary N) is 1. The first-order valence-corrected chi connectivity index (χ1v) is 10.9. The molecule has 1 aliphatic carbocycles. The van der Waals surface area contributed by atoms with Gasteiger partial charge in [-0.2, -0.15) is 0 Å². The van der Waals surface area contributed by atoms with Crippen LogP contribution in [0.4, 0.5) is 0 Å². The fraction of sp³-hybridized carbons (Fsp3) is 0.696. The van der Waals surface area contributed by atoms with Gasteiger partial charge < -0.3 is 10.2 Å². The van der Waals surface area contributed by atoms with Gasteiger partial charge in [-0.3, -0.25) is 9.69 Å². The molecular formula is C23H35Cl2N3O. The number of nitrogens with zero attached hydrogens (tertiary/aromatic N) is 2. The maximum absolute atomic E-state index is 13.3. The Hall–Kier alpha value is -0.810. The molecule has 3 fully saturated rings. The van der Waals surface area contributed by atoms with Crippen molar-refractivity contribution in [2.45, 2.75) is 58.0 Å². The number of halogens is 2. The second-order valence-electron chi connectivity index (χ2n) is 9.55. The Labute approximate surface area is 187 Å². The van der Waals surface area contributed by atoms with Gasteiger partial charge in [0.15, 0.2) is 0 Å². The zero-order valence-electron chi connectivity index (χ0n) is 17.5. The summed E-state index contributed by atoms with van der Waals surface area (Å²) in [6.45, 7) is 8.57. The molecule has 1 unspecified atom stereocenters. The maximum Gasteiger partial charge on any atom is 0.229 e. The van der Waals surface area contributed by atoms with Gasteiger partial charge in [-0.05, 0) is 68.2 Å². The number of fused-ring (bicyclic) bond motifs is 1. The summed E-state index contributed by atoms with van der Waals surface area (Å²) in [6, 6.07) is 9.53. The van der Waals surface area contributed by atoms with Gasteiger partial charge in [0.05, 0.1) is 5.41 Å². The van der Waals surface area contributed by atoms with E-state index in [1.54, 1.807) is 0 Å². The lowest BCUT2D eigenvalue weighted by Gasteiger charge is -2.41. The van der Waals surface area contributed by atoms with Gasteiger partial charge in [0.1, 0.15) is 0 Å². The molecule has 1 atom stereocenters. The van der Waals surface area contributed by atoms with E-state index in [9.17, 15) is 4.79 Å². The van der Waals surface area contributed by atoms with Crippen LogP contribution >= 0.6 is 24.8 Å². The van der Waals surface area contributed by atoms with Crippen LogP contribution in [0.1, 0.15) is 50.2 Å². The third-order valence-corrected chi connectivity index (χ3v) is 8.20. The summed E-state index contributed by atoms with van der Waals surface area (Å²) in [4.78, 5) is 18.2. The second-order valence-corrected chi connectivity index (χ2v) is 9.55. The molecular weight excluding hydrogens is 405 g/mol. The highest BCUT2D eigenvalue weighted by Crippen LogP contribution is 2.69. The summed E-state index contributed by atoms with van der Waals surface area (Å²) in [5.41, 5.74) is 3.25. The average molecular weight is 440 g/mol. The molecule has 0 radical (unpaired) electrons. The van der Waals surface area contributed by atoms with E-state index in [0.29, 0.717) is 17.4 Å². The molecule has 0 bridgehead atoms. The molecule has 2 saturated heterocycles. The SMILES string of the molecule is CC1(C(=O)N2CCC(N3CCc4ccccc4C3)CC2)CC12CCNCC2.Cl.Cl. The first-order valence-electron chi connectivity index (χ1n) is 10.9. The van der Waals surface area contributed by atoms with E-state index < -0.39 is 0 Å². The molecule has 1 amide bonds. The maximum atomic E-state index is 13.3. The summed E-state index contributed by atoms with van der Waals surface area (Å²) >= 11 is 0. The summed E-state index contributed by atoms with van der Waals surface area (Å²) in [7, 11) is 0. The van der Waals surface area contributed by atoms with Crippen LogP contribution in [0.15, 0.2) is 24.3 Å². The van der Waals surface area contributed by atoms with Crippen molar-refractivity contribution < 1.29 is 4.79 Å². The quantitative estimate of drug-likeness (QED) is 0.763. The topological polar surface area (TPSA) is 35.6 Å². The van der Waals surface area contributed by atoms with Crippen molar-refractivity contribution in [3.63, 3.8) is 0 Å². The van der Waals surface area contributed by atoms with Crippen molar-refractivity contribution in [1.29, 1.82) is 0 Å². The van der Waals surface area contributed by atoms with Crippen LogP contribution in [-0.2, 0) is 17.8 Å². The standard InChI is InChI=1S/C23H33N3O.2ClH/c1-22(17-23(22)9-11-24-12-10-23)21(27)25-14-7-20(8-15-25)26-13-6-18-4-2-3-5-19(18)16-26;;/h2-5,20,24H,6-17H2,1H3;2*1H. The van der Waals surface area contributed by atoms with Gasteiger partial charge in [0.2, 0.25) is 5.91 Å². The molecule has 1 spiro atoms. The van der Waals surface area contributed by atoms with E-state index in [1.807, 2.05) is 0 Å². The Balaban J connectivity index is 0.00000120. The predicted octanol–water partition coefficient (Wildman–Crippen LogP) is 3.66. The van der Waals surface area contributed by atoms with Gasteiger partial charge in [0, 0.05) is 32.2 Å². The largest absolute Gasteiger partial charge is 0.342 e. The van der Waals surface area contributed by atoms with Gasteiger partial charge in [-0.1, -0.05) is 31.2 Å². The number of carbonyl (C=O) groups excluding carboxylic acids is 1. The van der Waals surface area contributed by atoms with E-state index in [4.69, 9.17) is 0 Å². The lowest BCUT2D eigenvalue weighted by Crippen LogP contribution is -2.50. The zero-order valence-corrected chi connectivity index (χ0v) is 19.1. The Morgan fingerprint density at radius 3 is 2.38 bits per heavy atom. The van der Waals surface area contributed by atoms with Crippen molar-refractivity contribution in [3.05, 3.63) is 35.4 Å². The van der Waals surface area contributed by atoms with Crippen LogP contribution in [0, 0.1) is 10.8 Å². The Morgan fingerprint density at radius 2 is 1.69 bits per heavy atom. The number of amides is 1. The van der Waals surface area contributed by atoms with Crippen molar-refractivity contribution in [2.75, 3.05) is 32.7 Å². The monoisotopic (exact) mass is 439 g/mol. The molecule has 3 aliphatic heterocycles. The highest BCUT2D eigenvalue weighted by atomic mass is 35.5. The minimum Gasteiger partial charge on any atom is -0.342 e. The van der Waals surface area contributed by atoms with E-state index in [2.05, 4.69) is 46.3 Å². The third kappa shape index (κ3) is 3.94. The number of likely N-dealkylation sites (tertiary alicyclic amines) is 1. The van der Waals surface area contributed by atoms with Crippen molar-refractivity contribution in [1.82, 2.24) is 15.1 Å². The number of benzene rings is 1. The smallest absolute Gasteiger partial charge is 0.229 e. The van der Waals surface area contributed by atoms with Crippen molar-refractivity contribution in [3.8, 4) is 0 Å². The van der Waals surface area contributed by atoms with Gasteiger partial charge >= 0.3 is 0 Å². The van der Waals surface area contributed by atoms with E-state index in [0.717, 1.165) is 52.0 Å². The van der Waals surface area contributed by atoms with Crippen molar-refractivity contribution >= 4 is 30.7 Å². The normalized spacial score (nSPS) is 28.8. The molecule has 6 heteroatoms. The average Bonchev–Trinajstić information content (AvgIpc) is 3.31. The molecule has 0 aromatic heterocycles. The minimum absolute atomic E-state index is 0. The van der Waals surface area contributed by atoms with Crippen LogP contribution < -0.4 is 5.32 Å². The Morgan fingerprint density at radius 1 is 1.03 bits per heavy atom. The van der Waals surface area contributed by atoms with Crippen LogP contribution in [0.5, 0.6) is 0 Å². The first kappa shape index (κ1) is 22.9. The number of hydrogen-bond acceptors (Lipinski definition) is 3. The van der Waals surface area contributed by atoms with Gasteiger partial charge in [0.25, 0.3) is 0 Å². The molecule has 5 rings (SSSR count). The number of piperidine rings is 2. The van der Waals surface area contributed by atoms with Crippen LogP contribution in [-0.4, -0.2) is 54.5 Å². The summed E-state index contributed by atoms with van der Waals surface area (Å²) in [5.74, 6) is 0.451. The molecule has 1 aromatic rings. The Bertz CT molecular complexity index is 729. The number of rotatable bonds is 2. The number of hydrogen-bond donors (Lipinski definition) is 1. The fourth-order valence-electron chi connectivity index (χ4n) is 6.18. The summed E-state index contributed by atoms with van der Waals surface area (Å²) in [5, 5.41) is 3.46. The van der Waals surface area contributed by atoms with Gasteiger partial charge in [-0.25, -0.2) is 0 Å². The minimum atomic E-state index is -0.0774. The van der Waals surface area contributed by atoms with E-state index in [-0.39, 0.29) is 30.2 Å². The molecule has 1 N–H and O–H groups in total. The molecule has 1 aromatic carbocycles. The molecule has 3 heterocycles. The summed E-state index contributed by atoms with van der Waals surface area (Å²) < 4.78 is 0. The summed E-state index contributed by atoms with van der Waals surface area (Å²) in [6.07, 6.45) is 6.92. The Kier molecular flexibility index (Phi) is 6.89. The molecule has 4 aliphatic rings. The van der Waals surface area contributed by atoms with Crippen LogP contribution in [0.3, 0.4) is 0 Å². The molecule has 4 nitrogen and oxygen atoms in total. The lowest BCUT2D eigenvalue weighted by atomic mass is 9.84. The highest BCUT2D eigenvalue weighted by molar-refractivity contribution is 5.87. The van der Waals surface area contributed by atoms with Crippen LogP contribution in [0.25, 0.3) is 0 Å². The fourth-order valence-corrected chi connectivity index (χ4v) is 6.18. The van der Waals surface area contributed by atoms with Crippen LogP contribution in [0.2, 0.25) is 0 Å². The second kappa shape index (κ2) is 8.74. The first-order chi connectivity index (χ1) is 13.1. The third-order valence-electron chi connectivity index (χ3n) is 8.20. The van der Waals surface area contributed by atoms with Crippen molar-refractivity contribution in [2.24, 2.45) is 10.8 Å². The van der Waals surface area contributed by atoms with E-state index >= 15 is 0 Å². The number of carbonyl (C=O) groups is 1. The zero-order chi connectivity index (χ0) is 18.5. The van der Waals surface area contributed by atoms with Gasteiger partial charge in [-0.15, -0.1) is 24.8 Å². The molecule has 162 valence electrons. The molecule has 1 saturated carbocycles. The lowest BCUT2D eigenvalue weighted by molar-refractivity contribution is -0.139. The highest BCUT2D eigenvalue weighted by Gasteiger charge is 2.68. The predicted molar refractivity (Wildman–Crippen MR) is 122 cm³/mol. The molecule has 29 heavy (non-hydrogen) atoms.